The van der Waals surface area contributed by atoms with Crippen molar-refractivity contribution in [3.63, 3.8) is 0 Å². The van der Waals surface area contributed by atoms with Crippen molar-refractivity contribution < 1.29 is 57.0 Å². The first-order valence-electron chi connectivity index (χ1n) is 29.8. The molecule has 1 saturated heterocycles. The van der Waals surface area contributed by atoms with Crippen molar-refractivity contribution in [2.75, 3.05) is 13.2 Å². The number of unbranched alkanes of at least 4 members (excludes halogenated alkanes) is 37. The van der Waals surface area contributed by atoms with Crippen LogP contribution >= 0.6 is 0 Å². The van der Waals surface area contributed by atoms with Crippen LogP contribution in [0.2, 0.25) is 0 Å². The van der Waals surface area contributed by atoms with Gasteiger partial charge in [-0.05, 0) is 44.9 Å². The zero-order valence-electron chi connectivity index (χ0n) is 45.9. The lowest BCUT2D eigenvalue weighted by molar-refractivity contribution is -0.298. The fourth-order valence-electron chi connectivity index (χ4n) is 9.64. The van der Waals surface area contributed by atoms with Crippen molar-refractivity contribution >= 4 is 16.3 Å². The van der Waals surface area contributed by atoms with Gasteiger partial charge in [-0.3, -0.25) is 9.35 Å². The SMILES string of the molecule is CCCCCCCCCCCCCC/C=C\CCCCCCCCC(O)C(=O)NC(COC1OC(CO)C(O)C(OS(=O)(=O)O)C1O)C(O)/C=C/CCCCCCCCCCCCCCCCCCCCC. The van der Waals surface area contributed by atoms with E-state index in [0.29, 0.717) is 12.8 Å². The van der Waals surface area contributed by atoms with Crippen molar-refractivity contribution in [3.8, 4) is 0 Å². The average molecular weight is 1050 g/mol. The molecule has 13 nitrogen and oxygen atoms in total. The molecule has 0 saturated carbocycles. The van der Waals surface area contributed by atoms with Gasteiger partial charge >= 0.3 is 10.4 Å². The lowest BCUT2D eigenvalue weighted by Gasteiger charge is -2.41. The normalized spacial score (nSPS) is 19.9. The number of aliphatic hydroxyl groups excluding tert-OH is 5. The maximum atomic E-state index is 13.2. The van der Waals surface area contributed by atoms with Crippen LogP contribution in [0.5, 0.6) is 0 Å². The third-order valence-electron chi connectivity index (χ3n) is 14.3. The van der Waals surface area contributed by atoms with Crippen LogP contribution < -0.4 is 5.32 Å². The summed E-state index contributed by atoms with van der Waals surface area (Å²) < 4.78 is 47.8. The van der Waals surface area contributed by atoms with E-state index in [1.807, 2.05) is 6.08 Å². The predicted molar refractivity (Wildman–Crippen MR) is 293 cm³/mol. The van der Waals surface area contributed by atoms with Gasteiger partial charge < -0.3 is 40.3 Å². The number of ether oxygens (including phenoxy) is 2. The zero-order valence-corrected chi connectivity index (χ0v) is 46.7. The molecule has 1 aliphatic rings. The van der Waals surface area contributed by atoms with E-state index in [1.165, 1.54) is 186 Å². The molecule has 8 atom stereocenters. The number of carbonyl (C=O) groups is 1. The summed E-state index contributed by atoms with van der Waals surface area (Å²) in [6.45, 7) is 3.27. The summed E-state index contributed by atoms with van der Waals surface area (Å²) in [6.07, 6.45) is 46.8. The molecule has 0 radical (unpaired) electrons. The first kappa shape index (κ1) is 68.6. The van der Waals surface area contributed by atoms with Crippen molar-refractivity contribution in [2.24, 2.45) is 0 Å². The zero-order chi connectivity index (χ0) is 52.8. The van der Waals surface area contributed by atoms with Gasteiger partial charge in [-0.2, -0.15) is 8.42 Å². The lowest BCUT2D eigenvalue weighted by atomic mass is 9.99. The maximum Gasteiger partial charge on any atom is 0.397 e. The van der Waals surface area contributed by atoms with Gasteiger partial charge in [-0.15, -0.1) is 0 Å². The minimum Gasteiger partial charge on any atom is -0.394 e. The highest BCUT2D eigenvalue weighted by atomic mass is 32.3. The Bertz CT molecular complexity index is 1380. The van der Waals surface area contributed by atoms with Crippen LogP contribution in [0.25, 0.3) is 0 Å². The second-order valence-corrected chi connectivity index (χ2v) is 22.1. The summed E-state index contributed by atoms with van der Waals surface area (Å²) in [6, 6.07) is -1.12. The Morgan fingerprint density at radius 3 is 1.29 bits per heavy atom. The fourth-order valence-corrected chi connectivity index (χ4v) is 10.1. The van der Waals surface area contributed by atoms with Crippen LogP contribution in [0.15, 0.2) is 24.3 Å². The number of nitrogens with one attached hydrogen (secondary N) is 1. The Labute approximate surface area is 440 Å². The fraction of sp³-hybridized carbons (Fsp3) is 0.914. The van der Waals surface area contributed by atoms with Gasteiger partial charge in [0.2, 0.25) is 5.91 Å². The molecule has 8 unspecified atom stereocenters. The van der Waals surface area contributed by atoms with Gasteiger partial charge in [0.15, 0.2) is 6.29 Å². The maximum absolute atomic E-state index is 13.2. The van der Waals surface area contributed by atoms with E-state index in [1.54, 1.807) is 6.08 Å². The van der Waals surface area contributed by atoms with E-state index < -0.39 is 78.5 Å². The highest BCUT2D eigenvalue weighted by molar-refractivity contribution is 7.80. The average Bonchev–Trinajstić information content (AvgIpc) is 3.36. The van der Waals surface area contributed by atoms with Gasteiger partial charge in [-0.1, -0.05) is 256 Å². The lowest BCUT2D eigenvalue weighted by Crippen LogP contribution is -2.61. The Hall–Kier alpha value is -1.46. The molecule has 7 N–H and O–H groups in total. The molecular formula is C58H111NO12S. The third kappa shape index (κ3) is 39.0. The summed E-state index contributed by atoms with van der Waals surface area (Å²) >= 11 is 0. The van der Waals surface area contributed by atoms with Gasteiger partial charge in [0.25, 0.3) is 0 Å². The summed E-state index contributed by atoms with van der Waals surface area (Å²) in [4.78, 5) is 13.2. The Balaban J connectivity index is 2.42. The van der Waals surface area contributed by atoms with Crippen molar-refractivity contribution in [3.05, 3.63) is 24.3 Å². The van der Waals surface area contributed by atoms with E-state index in [0.717, 1.165) is 57.8 Å². The molecule has 1 heterocycles. The molecular weight excluding hydrogens is 935 g/mol. The molecule has 0 aromatic rings. The molecule has 0 spiro atoms. The monoisotopic (exact) mass is 1050 g/mol. The van der Waals surface area contributed by atoms with Crippen LogP contribution in [-0.2, 0) is 28.9 Å². The molecule has 1 fully saturated rings. The summed E-state index contributed by atoms with van der Waals surface area (Å²) in [5, 5.41) is 55.6. The second-order valence-electron chi connectivity index (χ2n) is 21.1. The number of amides is 1. The number of carbonyl (C=O) groups excluding carboxylic acids is 1. The summed E-state index contributed by atoms with van der Waals surface area (Å²) in [5.74, 6) is -0.702. The van der Waals surface area contributed by atoms with E-state index in [4.69, 9.17) is 9.47 Å². The van der Waals surface area contributed by atoms with Crippen LogP contribution in [0.3, 0.4) is 0 Å². The first-order valence-corrected chi connectivity index (χ1v) is 31.2. The molecule has 0 aromatic carbocycles. The molecule has 0 aliphatic carbocycles. The number of rotatable bonds is 52. The largest absolute Gasteiger partial charge is 0.397 e. The molecule has 1 rings (SSSR count). The van der Waals surface area contributed by atoms with Crippen molar-refractivity contribution in [1.82, 2.24) is 5.32 Å². The molecule has 1 amide bonds. The van der Waals surface area contributed by atoms with Gasteiger partial charge in [0.1, 0.15) is 30.5 Å². The minimum atomic E-state index is -5.12. The van der Waals surface area contributed by atoms with Crippen molar-refractivity contribution in [1.29, 1.82) is 0 Å². The Morgan fingerprint density at radius 1 is 0.556 bits per heavy atom. The van der Waals surface area contributed by atoms with Crippen LogP contribution in [0, 0.1) is 0 Å². The van der Waals surface area contributed by atoms with E-state index in [-0.39, 0.29) is 6.42 Å². The van der Waals surface area contributed by atoms with Gasteiger partial charge in [0, 0.05) is 0 Å². The molecule has 72 heavy (non-hydrogen) atoms. The number of hydrogen-bond acceptors (Lipinski definition) is 11. The highest BCUT2D eigenvalue weighted by Crippen LogP contribution is 2.26. The second kappa shape index (κ2) is 48.0. The summed E-state index contributed by atoms with van der Waals surface area (Å²) in [7, 11) is -5.12. The quantitative estimate of drug-likeness (QED) is 0.0172. The minimum absolute atomic E-state index is 0.238. The van der Waals surface area contributed by atoms with Crippen molar-refractivity contribution in [2.45, 2.75) is 326 Å². The first-order chi connectivity index (χ1) is 34.9. The van der Waals surface area contributed by atoms with Crippen LogP contribution in [-0.4, -0.2) is 107 Å². The molecule has 1 aliphatic heterocycles. The smallest absolute Gasteiger partial charge is 0.394 e. The molecule has 426 valence electrons. The van der Waals surface area contributed by atoms with E-state index in [2.05, 4.69) is 35.5 Å². The highest BCUT2D eigenvalue weighted by Gasteiger charge is 2.48. The van der Waals surface area contributed by atoms with Gasteiger partial charge in [0.05, 0.1) is 25.4 Å². The van der Waals surface area contributed by atoms with Crippen LogP contribution in [0.1, 0.15) is 277 Å². The van der Waals surface area contributed by atoms with Gasteiger partial charge in [-0.25, -0.2) is 4.18 Å². The molecule has 0 bridgehead atoms. The standard InChI is InChI=1S/C58H111NO12S/c1-3-5-7-9-11-13-15-17-19-21-23-25-27-29-31-33-35-37-39-41-43-45-47-52(62)57(65)59-50(49-69-58-55(64)56(71-72(66,67)68)54(63)53(48-60)70-58)51(61)46-44-42-40-38-36-34-32-30-28-26-24-22-20-18-16-14-12-10-8-6-4-2/h29,31,44,46,50-56,58,60-64H,3-28,30,32-43,45,47-49H2,1-2H3,(H,59,65)(H,66,67,68)/b31-29-,46-44+. The van der Waals surface area contributed by atoms with Crippen LogP contribution in [0.4, 0.5) is 0 Å². The summed E-state index contributed by atoms with van der Waals surface area (Å²) in [5.41, 5.74) is 0. The Kier molecular flexibility index (Phi) is 45.7. The number of hydrogen-bond donors (Lipinski definition) is 7. The number of allylic oxidation sites excluding steroid dienone is 3. The van der Waals surface area contributed by atoms with E-state index >= 15 is 0 Å². The van der Waals surface area contributed by atoms with E-state index in [9.17, 15) is 43.3 Å². The third-order valence-corrected chi connectivity index (χ3v) is 14.8. The Morgan fingerprint density at radius 2 is 0.917 bits per heavy atom. The molecule has 14 heteroatoms. The topological polar surface area (TPSA) is 212 Å². The number of aliphatic hydroxyl groups is 5. The predicted octanol–water partition coefficient (Wildman–Crippen LogP) is 13.0. The molecule has 0 aromatic heterocycles.